The van der Waals surface area contributed by atoms with Crippen molar-refractivity contribution in [3.05, 3.63) is 42.0 Å². The number of carbonyl (C=O) groups is 6. The van der Waals surface area contributed by atoms with Gasteiger partial charge in [-0.15, -0.1) is 11.3 Å². The Kier molecular flexibility index (Phi) is 12.9. The lowest BCUT2D eigenvalue weighted by atomic mass is 9.93. The molecular weight excluding hydrogens is 640 g/mol. The Morgan fingerprint density at radius 2 is 1.40 bits per heavy atom. The number of fused-ring (bicyclic) bond motifs is 1. The second kappa shape index (κ2) is 17.1. The number of aliphatic carboxylic acids is 2. The Balaban J connectivity index is 0.000000579. The second-order valence-electron chi connectivity index (χ2n) is 12.0. The van der Waals surface area contributed by atoms with Gasteiger partial charge in [-0.25, -0.2) is 14.4 Å². The summed E-state index contributed by atoms with van der Waals surface area (Å²) >= 11 is 1.43. The van der Waals surface area contributed by atoms with Gasteiger partial charge in [0.2, 0.25) is 11.8 Å². The molecule has 3 aliphatic heterocycles. The number of carbonyl (C=O) groups excluding carboxylic acids is 4. The third-order valence-electron chi connectivity index (χ3n) is 8.93. The van der Waals surface area contributed by atoms with Crippen LogP contribution < -0.4 is 10.6 Å². The Morgan fingerprint density at radius 3 is 1.96 bits per heavy atom. The summed E-state index contributed by atoms with van der Waals surface area (Å²) in [5.74, 6) is -2.19. The lowest BCUT2D eigenvalue weighted by Gasteiger charge is -2.43. The lowest BCUT2D eigenvalue weighted by molar-refractivity contribution is -0.141. The number of carboxylic acids is 2. The summed E-state index contributed by atoms with van der Waals surface area (Å²) in [6.45, 7) is 9.73. The van der Waals surface area contributed by atoms with E-state index in [1.54, 1.807) is 6.92 Å². The maximum absolute atomic E-state index is 13.7. The number of urea groups is 1. The summed E-state index contributed by atoms with van der Waals surface area (Å²) in [5.41, 5.74) is 0.571. The number of hydrogen-bond donors (Lipinski definition) is 4. The van der Waals surface area contributed by atoms with E-state index in [0.717, 1.165) is 61.9 Å². The number of hydrogen-bond acceptors (Lipinski definition) is 8. The van der Waals surface area contributed by atoms with Crippen LogP contribution in [0.3, 0.4) is 0 Å². The number of amides is 5. The first-order valence-corrected chi connectivity index (χ1v) is 17.1. The van der Waals surface area contributed by atoms with Gasteiger partial charge in [-0.2, -0.15) is 0 Å². The number of piperidine rings is 2. The van der Waals surface area contributed by atoms with E-state index in [-0.39, 0.29) is 29.7 Å². The van der Waals surface area contributed by atoms with Gasteiger partial charge in [0, 0.05) is 100 Å². The van der Waals surface area contributed by atoms with E-state index in [2.05, 4.69) is 15.5 Å². The van der Waals surface area contributed by atoms with Crippen LogP contribution in [0.25, 0.3) is 10.1 Å². The van der Waals surface area contributed by atoms with Crippen LogP contribution in [0, 0.1) is 5.92 Å². The minimum Gasteiger partial charge on any atom is -0.478 e. The third kappa shape index (κ3) is 9.53. The van der Waals surface area contributed by atoms with Crippen LogP contribution in [0.1, 0.15) is 49.9 Å². The van der Waals surface area contributed by atoms with Crippen LogP contribution in [0.2, 0.25) is 0 Å². The van der Waals surface area contributed by atoms with Gasteiger partial charge in [-0.3, -0.25) is 24.6 Å². The monoisotopic (exact) mass is 684 g/mol. The summed E-state index contributed by atoms with van der Waals surface area (Å²) in [7, 11) is 0. The molecule has 5 rings (SSSR count). The number of benzene rings is 1. The van der Waals surface area contributed by atoms with E-state index < -0.39 is 11.9 Å². The Morgan fingerprint density at radius 1 is 0.812 bits per heavy atom. The lowest BCUT2D eigenvalue weighted by Crippen LogP contribution is -2.55. The fourth-order valence-corrected chi connectivity index (χ4v) is 7.49. The van der Waals surface area contributed by atoms with Crippen LogP contribution in [0.15, 0.2) is 36.4 Å². The molecule has 14 nitrogen and oxygen atoms in total. The molecule has 260 valence electrons. The third-order valence-corrected chi connectivity index (χ3v) is 10.0. The Labute approximate surface area is 283 Å². The molecule has 3 fully saturated rings. The average Bonchev–Trinajstić information content (AvgIpc) is 3.44. The zero-order chi connectivity index (χ0) is 34.8. The molecule has 15 heteroatoms. The zero-order valence-electron chi connectivity index (χ0n) is 27.4. The van der Waals surface area contributed by atoms with Crippen molar-refractivity contribution in [1.29, 1.82) is 0 Å². The number of piperazine rings is 1. The number of thiophene rings is 1. The van der Waals surface area contributed by atoms with Gasteiger partial charge >= 0.3 is 18.0 Å². The van der Waals surface area contributed by atoms with Gasteiger partial charge in [-0.1, -0.05) is 18.2 Å². The van der Waals surface area contributed by atoms with Gasteiger partial charge in [0.15, 0.2) is 0 Å². The van der Waals surface area contributed by atoms with Gasteiger partial charge in [0.25, 0.3) is 5.91 Å². The number of anilines is 1. The largest absolute Gasteiger partial charge is 0.478 e. The van der Waals surface area contributed by atoms with E-state index in [0.29, 0.717) is 61.5 Å². The van der Waals surface area contributed by atoms with Gasteiger partial charge < -0.3 is 30.2 Å². The molecule has 0 radical (unpaired) electrons. The minimum absolute atomic E-state index is 0.0299. The predicted octanol–water partition coefficient (Wildman–Crippen LogP) is 2.76. The summed E-state index contributed by atoms with van der Waals surface area (Å²) in [4.78, 5) is 78.0. The van der Waals surface area contributed by atoms with E-state index in [4.69, 9.17) is 10.2 Å². The molecule has 5 amide bonds. The molecule has 0 aliphatic carbocycles. The van der Waals surface area contributed by atoms with E-state index >= 15 is 0 Å². The van der Waals surface area contributed by atoms with Crippen molar-refractivity contribution in [2.75, 3.05) is 64.2 Å². The van der Waals surface area contributed by atoms with Gasteiger partial charge in [0.05, 0.1) is 5.56 Å². The molecule has 4 N–H and O–H groups in total. The van der Waals surface area contributed by atoms with Crippen LogP contribution in [-0.4, -0.2) is 130 Å². The molecule has 0 spiro atoms. The predicted molar refractivity (Wildman–Crippen MR) is 181 cm³/mol. The molecule has 1 aromatic heterocycles. The fourth-order valence-electron chi connectivity index (χ4n) is 6.40. The van der Waals surface area contributed by atoms with E-state index in [1.807, 2.05) is 45.9 Å². The van der Waals surface area contributed by atoms with Crippen LogP contribution in [0.4, 0.5) is 9.80 Å². The van der Waals surface area contributed by atoms with Crippen molar-refractivity contribution < 1.29 is 39.0 Å². The van der Waals surface area contributed by atoms with E-state index in [9.17, 15) is 28.8 Å². The summed E-state index contributed by atoms with van der Waals surface area (Å²) < 4.78 is 0.974. The molecule has 0 saturated carbocycles. The normalized spacial score (nSPS) is 17.9. The quantitative estimate of drug-likeness (QED) is 0.319. The second-order valence-corrected chi connectivity index (χ2v) is 13.0. The number of nitrogens with one attached hydrogen (secondary N) is 2. The molecule has 0 bridgehead atoms. The molecule has 48 heavy (non-hydrogen) atoms. The number of likely N-dealkylation sites (tertiary alicyclic amines) is 2. The van der Waals surface area contributed by atoms with E-state index in [1.165, 1.54) is 11.3 Å². The molecule has 0 atom stereocenters. The molecule has 2 aromatic rings. The van der Waals surface area contributed by atoms with Crippen molar-refractivity contribution in [1.82, 2.24) is 24.9 Å². The first kappa shape index (κ1) is 36.3. The zero-order valence-corrected chi connectivity index (χ0v) is 28.2. The van der Waals surface area contributed by atoms with Crippen molar-refractivity contribution in [3.8, 4) is 0 Å². The highest BCUT2D eigenvalue weighted by molar-refractivity contribution is 7.23. The average molecular weight is 685 g/mol. The standard InChI is InChI=1S/C29H40N6O4S.C4H4O4/c1-3-30-29(39)31-26-25(23-6-4-5-7-24(23)40-26)28(38)35-18-16-33(17-19-35)22-10-14-34(15-11-22)27(37)21-8-12-32(13-9-21)20(2)36;5-3(6)1-2-4(7)8/h4-7,21-22H,3,8-19H2,1-2H3,(H2,30,31,39);1-2H,(H,5,6)(H,7,8)/b;2-1-. The van der Waals surface area contributed by atoms with Gasteiger partial charge in [0.1, 0.15) is 5.00 Å². The van der Waals surface area contributed by atoms with Crippen molar-refractivity contribution in [3.63, 3.8) is 0 Å². The highest BCUT2D eigenvalue weighted by Gasteiger charge is 2.35. The highest BCUT2D eigenvalue weighted by Crippen LogP contribution is 2.37. The first-order valence-electron chi connectivity index (χ1n) is 16.3. The number of carboxylic acid groups (broad SMARTS) is 2. The molecule has 1 aromatic carbocycles. The Bertz CT molecular complexity index is 1500. The van der Waals surface area contributed by atoms with Crippen molar-refractivity contribution in [2.24, 2.45) is 5.92 Å². The topological polar surface area (TPSA) is 180 Å². The molecule has 0 unspecified atom stereocenters. The fraction of sp³-hybridized carbons (Fsp3) is 0.515. The first-order chi connectivity index (χ1) is 23.0. The number of rotatable bonds is 7. The maximum atomic E-state index is 13.7. The van der Waals surface area contributed by atoms with Crippen molar-refractivity contribution >= 4 is 62.1 Å². The molecule has 4 heterocycles. The summed E-state index contributed by atoms with van der Waals surface area (Å²) in [5, 5.41) is 22.7. The number of nitrogens with zero attached hydrogens (tertiary/aromatic N) is 4. The minimum atomic E-state index is -1.26. The maximum Gasteiger partial charge on any atom is 0.328 e. The SMILES string of the molecule is CCNC(=O)Nc1sc2ccccc2c1C(=O)N1CCN(C2CCN(C(=O)C3CCN(C(C)=O)CC3)CC2)CC1.O=C(O)/C=C\C(=O)O. The smallest absolute Gasteiger partial charge is 0.328 e. The van der Waals surface area contributed by atoms with Crippen LogP contribution in [-0.2, 0) is 19.2 Å². The van der Waals surface area contributed by atoms with Crippen LogP contribution in [0.5, 0.6) is 0 Å². The summed E-state index contributed by atoms with van der Waals surface area (Å²) in [6.07, 6.45) is 4.52. The molecular formula is C33H44N6O8S. The Hall–Kier alpha value is -4.50. The van der Waals surface area contributed by atoms with Crippen LogP contribution >= 0.6 is 11.3 Å². The van der Waals surface area contributed by atoms with Crippen molar-refractivity contribution in [2.45, 2.75) is 45.6 Å². The molecule has 3 saturated heterocycles. The highest BCUT2D eigenvalue weighted by atomic mass is 32.1. The van der Waals surface area contributed by atoms with Gasteiger partial charge in [-0.05, 0) is 38.7 Å². The molecule has 3 aliphatic rings. The summed E-state index contributed by atoms with van der Waals surface area (Å²) in [6, 6.07) is 7.89.